The van der Waals surface area contributed by atoms with E-state index in [0.29, 0.717) is 18.9 Å². The molecule has 116 valence electrons. The SMILES string of the molecule is NC1(COc2c([N+](=O)[O-])ccc(F)c2F)CCCCCC1. The predicted molar refractivity (Wildman–Crippen MR) is 73.1 cm³/mol. The Morgan fingerprint density at radius 1 is 1.24 bits per heavy atom. The molecule has 0 atom stereocenters. The van der Waals surface area contributed by atoms with Crippen LogP contribution in [-0.2, 0) is 0 Å². The first-order valence-corrected chi connectivity index (χ1v) is 6.97. The van der Waals surface area contributed by atoms with E-state index in [1.807, 2.05) is 0 Å². The molecule has 5 nitrogen and oxygen atoms in total. The molecule has 2 N–H and O–H groups in total. The van der Waals surface area contributed by atoms with Gasteiger partial charge in [-0.3, -0.25) is 10.1 Å². The molecule has 0 unspecified atom stereocenters. The quantitative estimate of drug-likeness (QED) is 0.525. The van der Waals surface area contributed by atoms with Crippen molar-refractivity contribution in [2.75, 3.05) is 6.61 Å². The smallest absolute Gasteiger partial charge is 0.314 e. The van der Waals surface area contributed by atoms with Gasteiger partial charge < -0.3 is 10.5 Å². The zero-order chi connectivity index (χ0) is 15.5. The second-order valence-electron chi connectivity index (χ2n) is 5.53. The Hall–Kier alpha value is -1.76. The predicted octanol–water partition coefficient (Wildman–Crippen LogP) is 3.30. The summed E-state index contributed by atoms with van der Waals surface area (Å²) < 4.78 is 32.2. The van der Waals surface area contributed by atoms with Gasteiger partial charge in [-0.2, -0.15) is 4.39 Å². The van der Waals surface area contributed by atoms with Crippen LogP contribution in [0, 0.1) is 21.7 Å². The van der Waals surface area contributed by atoms with Gasteiger partial charge in [-0.05, 0) is 18.9 Å². The van der Waals surface area contributed by atoms with Crippen LogP contribution >= 0.6 is 0 Å². The summed E-state index contributed by atoms with van der Waals surface area (Å²) in [4.78, 5) is 10.1. The molecule has 0 aliphatic heterocycles. The fourth-order valence-electron chi connectivity index (χ4n) is 2.60. The number of benzene rings is 1. The summed E-state index contributed by atoms with van der Waals surface area (Å²) in [5.41, 5.74) is 4.97. The third kappa shape index (κ3) is 3.66. The van der Waals surface area contributed by atoms with E-state index in [1.54, 1.807) is 0 Å². The number of nitrogens with zero attached hydrogens (tertiary/aromatic N) is 1. The Morgan fingerprint density at radius 3 is 2.43 bits per heavy atom. The number of nitro groups is 1. The summed E-state index contributed by atoms with van der Waals surface area (Å²) in [6, 6.07) is 1.61. The lowest BCUT2D eigenvalue weighted by Gasteiger charge is -2.27. The highest BCUT2D eigenvalue weighted by Crippen LogP contribution is 2.33. The normalized spacial score (nSPS) is 18.0. The Balaban J connectivity index is 2.18. The van der Waals surface area contributed by atoms with Gasteiger partial charge in [0.15, 0.2) is 5.82 Å². The molecule has 21 heavy (non-hydrogen) atoms. The van der Waals surface area contributed by atoms with Gasteiger partial charge >= 0.3 is 5.69 Å². The summed E-state index contributed by atoms with van der Waals surface area (Å²) in [7, 11) is 0. The van der Waals surface area contributed by atoms with Crippen molar-refractivity contribution in [1.29, 1.82) is 0 Å². The van der Waals surface area contributed by atoms with Crippen LogP contribution < -0.4 is 10.5 Å². The van der Waals surface area contributed by atoms with E-state index < -0.39 is 33.5 Å². The first-order valence-electron chi connectivity index (χ1n) is 6.97. The standard InChI is InChI=1S/C14H18F2N2O3/c15-10-5-6-11(18(19)20)13(12(10)16)21-9-14(17)7-3-1-2-4-8-14/h5-6H,1-4,7-9,17H2. The number of nitrogens with two attached hydrogens (primary N) is 1. The minimum Gasteiger partial charge on any atom is -0.483 e. The van der Waals surface area contributed by atoms with Crippen LogP contribution in [0.25, 0.3) is 0 Å². The molecule has 2 rings (SSSR count). The lowest BCUT2D eigenvalue weighted by molar-refractivity contribution is -0.386. The highest BCUT2D eigenvalue weighted by Gasteiger charge is 2.30. The van der Waals surface area contributed by atoms with Crippen LogP contribution in [0.1, 0.15) is 38.5 Å². The van der Waals surface area contributed by atoms with Crippen molar-refractivity contribution in [1.82, 2.24) is 0 Å². The van der Waals surface area contributed by atoms with E-state index in [2.05, 4.69) is 0 Å². The van der Waals surface area contributed by atoms with Crippen molar-refractivity contribution >= 4 is 5.69 Å². The van der Waals surface area contributed by atoms with E-state index >= 15 is 0 Å². The number of hydrogen-bond acceptors (Lipinski definition) is 4. The first kappa shape index (κ1) is 15.6. The number of hydrogen-bond donors (Lipinski definition) is 1. The summed E-state index contributed by atoms with van der Waals surface area (Å²) in [6.07, 6.45) is 5.44. The van der Waals surface area contributed by atoms with E-state index in [9.17, 15) is 18.9 Å². The molecule has 1 aromatic carbocycles. The molecule has 1 aliphatic carbocycles. The molecule has 0 heterocycles. The molecule has 1 aliphatic rings. The first-order chi connectivity index (χ1) is 9.93. The van der Waals surface area contributed by atoms with Gasteiger partial charge in [0.05, 0.1) is 10.5 Å². The van der Waals surface area contributed by atoms with Gasteiger partial charge in [-0.1, -0.05) is 25.7 Å². The molecule has 1 fully saturated rings. The number of ether oxygens (including phenoxy) is 1. The lowest BCUT2D eigenvalue weighted by Crippen LogP contribution is -2.45. The van der Waals surface area contributed by atoms with Gasteiger partial charge in [-0.25, -0.2) is 4.39 Å². The summed E-state index contributed by atoms with van der Waals surface area (Å²) in [6.45, 7) is -0.0613. The lowest BCUT2D eigenvalue weighted by atomic mass is 9.92. The Morgan fingerprint density at radius 2 is 1.86 bits per heavy atom. The highest BCUT2D eigenvalue weighted by molar-refractivity contribution is 5.47. The minimum absolute atomic E-state index is 0.0613. The summed E-state index contributed by atoms with van der Waals surface area (Å²) >= 11 is 0. The van der Waals surface area contributed by atoms with Gasteiger partial charge in [0.2, 0.25) is 11.6 Å². The second-order valence-corrected chi connectivity index (χ2v) is 5.53. The third-order valence-electron chi connectivity index (χ3n) is 3.83. The zero-order valence-corrected chi connectivity index (χ0v) is 11.6. The van der Waals surface area contributed by atoms with Crippen molar-refractivity contribution in [3.63, 3.8) is 0 Å². The monoisotopic (exact) mass is 300 g/mol. The van der Waals surface area contributed by atoms with Crippen LogP contribution in [-0.4, -0.2) is 17.1 Å². The topological polar surface area (TPSA) is 78.4 Å². The fourth-order valence-corrected chi connectivity index (χ4v) is 2.60. The highest BCUT2D eigenvalue weighted by atomic mass is 19.2. The van der Waals surface area contributed by atoms with E-state index in [4.69, 9.17) is 10.5 Å². The molecular formula is C14H18F2N2O3. The molecule has 0 amide bonds. The van der Waals surface area contributed by atoms with Crippen LogP contribution in [0.2, 0.25) is 0 Å². The Labute approximate surface area is 121 Å². The largest absolute Gasteiger partial charge is 0.483 e. The maximum absolute atomic E-state index is 13.7. The minimum atomic E-state index is -1.35. The van der Waals surface area contributed by atoms with Crippen LogP contribution in [0.5, 0.6) is 5.75 Å². The van der Waals surface area contributed by atoms with Crippen molar-refractivity contribution < 1.29 is 18.4 Å². The van der Waals surface area contributed by atoms with Gasteiger partial charge in [0, 0.05) is 6.07 Å². The summed E-state index contributed by atoms with van der Waals surface area (Å²) in [5, 5.41) is 10.9. The van der Waals surface area contributed by atoms with Gasteiger partial charge in [0.1, 0.15) is 6.61 Å². The molecule has 1 saturated carbocycles. The number of halogens is 2. The van der Waals surface area contributed by atoms with E-state index in [0.717, 1.165) is 31.7 Å². The maximum Gasteiger partial charge on any atom is 0.314 e. The Bertz CT molecular complexity index is 529. The van der Waals surface area contributed by atoms with Crippen molar-refractivity contribution in [3.05, 3.63) is 33.9 Å². The molecule has 0 saturated heterocycles. The van der Waals surface area contributed by atoms with Crippen LogP contribution in [0.4, 0.5) is 14.5 Å². The molecular weight excluding hydrogens is 282 g/mol. The molecule has 1 aromatic rings. The average Bonchev–Trinajstić information content (AvgIpc) is 2.65. The molecule has 7 heteroatoms. The average molecular weight is 300 g/mol. The second kappa shape index (κ2) is 6.34. The molecule has 0 aromatic heterocycles. The zero-order valence-electron chi connectivity index (χ0n) is 11.6. The van der Waals surface area contributed by atoms with Crippen LogP contribution in [0.3, 0.4) is 0 Å². The maximum atomic E-state index is 13.7. The third-order valence-corrected chi connectivity index (χ3v) is 3.83. The fraction of sp³-hybridized carbons (Fsp3) is 0.571. The van der Waals surface area contributed by atoms with Crippen molar-refractivity contribution in [2.24, 2.45) is 5.73 Å². The van der Waals surface area contributed by atoms with Crippen molar-refractivity contribution in [2.45, 2.75) is 44.1 Å². The summed E-state index contributed by atoms with van der Waals surface area (Å²) in [5.74, 6) is -3.20. The molecule has 0 spiro atoms. The van der Waals surface area contributed by atoms with E-state index in [1.165, 1.54) is 0 Å². The van der Waals surface area contributed by atoms with Crippen molar-refractivity contribution in [3.8, 4) is 5.75 Å². The van der Waals surface area contributed by atoms with Gasteiger partial charge in [-0.15, -0.1) is 0 Å². The Kier molecular flexibility index (Phi) is 4.72. The van der Waals surface area contributed by atoms with E-state index in [-0.39, 0.29) is 6.61 Å². The van der Waals surface area contributed by atoms with Crippen LogP contribution in [0.15, 0.2) is 12.1 Å². The molecule has 0 radical (unpaired) electrons. The number of rotatable bonds is 4. The number of nitro benzene ring substituents is 1. The molecule has 0 bridgehead atoms. The van der Waals surface area contributed by atoms with Gasteiger partial charge in [0.25, 0.3) is 0 Å².